The maximum atomic E-state index is 11.9. The van der Waals surface area contributed by atoms with Gasteiger partial charge >= 0.3 is 0 Å². The van der Waals surface area contributed by atoms with Gasteiger partial charge in [0, 0.05) is 12.2 Å². The predicted octanol–water partition coefficient (Wildman–Crippen LogP) is 0.282. The second kappa shape index (κ2) is 4.95. The first-order valence-electron chi connectivity index (χ1n) is 5.30. The van der Waals surface area contributed by atoms with Crippen LogP contribution in [-0.4, -0.2) is 36.9 Å². The molecule has 1 saturated heterocycles. The van der Waals surface area contributed by atoms with Crippen LogP contribution in [0, 0.1) is 11.3 Å². The van der Waals surface area contributed by atoms with Gasteiger partial charge in [0.1, 0.15) is 0 Å². The third kappa shape index (κ3) is 2.28. The number of aliphatic hydroxyl groups is 1. The first kappa shape index (κ1) is 11.6. The average molecular weight is 232 g/mol. The van der Waals surface area contributed by atoms with E-state index in [1.807, 2.05) is 6.07 Å². The molecule has 0 aliphatic carbocycles. The Morgan fingerprint density at radius 2 is 2.18 bits per heavy atom. The molecule has 0 spiro atoms. The number of amides is 1. The van der Waals surface area contributed by atoms with Gasteiger partial charge in [0.15, 0.2) is 6.10 Å². The maximum absolute atomic E-state index is 11.9. The Morgan fingerprint density at radius 3 is 2.76 bits per heavy atom. The van der Waals surface area contributed by atoms with E-state index in [1.165, 1.54) is 0 Å². The number of morpholine rings is 1. The van der Waals surface area contributed by atoms with E-state index >= 15 is 0 Å². The number of rotatable bonds is 2. The number of nitriles is 1. The minimum atomic E-state index is -0.778. The van der Waals surface area contributed by atoms with Crippen molar-refractivity contribution in [2.75, 3.05) is 24.7 Å². The number of hydrogen-bond acceptors (Lipinski definition) is 4. The average Bonchev–Trinajstić information content (AvgIpc) is 2.39. The molecule has 1 aromatic carbocycles. The summed E-state index contributed by atoms with van der Waals surface area (Å²) in [5, 5.41) is 17.7. The van der Waals surface area contributed by atoms with Gasteiger partial charge in [0.2, 0.25) is 0 Å². The van der Waals surface area contributed by atoms with Gasteiger partial charge in [-0.3, -0.25) is 4.79 Å². The molecule has 5 heteroatoms. The van der Waals surface area contributed by atoms with Crippen LogP contribution in [0.15, 0.2) is 24.3 Å². The molecule has 1 amide bonds. The molecule has 5 nitrogen and oxygen atoms in total. The number of anilines is 1. The predicted molar refractivity (Wildman–Crippen MR) is 60.3 cm³/mol. The van der Waals surface area contributed by atoms with Crippen molar-refractivity contribution in [1.29, 1.82) is 5.26 Å². The Kier molecular flexibility index (Phi) is 3.38. The number of carbonyl (C=O) groups is 1. The fourth-order valence-electron chi connectivity index (χ4n) is 1.74. The van der Waals surface area contributed by atoms with Gasteiger partial charge in [0.05, 0.1) is 24.8 Å². The molecule has 1 aromatic rings. The molecule has 1 atom stereocenters. The fourth-order valence-corrected chi connectivity index (χ4v) is 1.74. The van der Waals surface area contributed by atoms with Crippen molar-refractivity contribution in [3.63, 3.8) is 0 Å². The molecule has 0 aromatic heterocycles. The minimum absolute atomic E-state index is 0.247. The van der Waals surface area contributed by atoms with Gasteiger partial charge in [-0.1, -0.05) is 0 Å². The van der Waals surface area contributed by atoms with Crippen LogP contribution >= 0.6 is 0 Å². The highest BCUT2D eigenvalue weighted by Gasteiger charge is 2.29. The van der Waals surface area contributed by atoms with E-state index in [0.29, 0.717) is 18.7 Å². The lowest BCUT2D eigenvalue weighted by Crippen LogP contribution is -2.49. The molecule has 17 heavy (non-hydrogen) atoms. The van der Waals surface area contributed by atoms with Crippen molar-refractivity contribution in [2.45, 2.75) is 6.10 Å². The molecular formula is C12H12N2O3. The fraction of sp³-hybridized carbons (Fsp3) is 0.333. The van der Waals surface area contributed by atoms with Crippen molar-refractivity contribution in [1.82, 2.24) is 0 Å². The topological polar surface area (TPSA) is 73.6 Å². The van der Waals surface area contributed by atoms with Crippen molar-refractivity contribution >= 4 is 11.6 Å². The van der Waals surface area contributed by atoms with Gasteiger partial charge in [-0.25, -0.2) is 0 Å². The highest BCUT2D eigenvalue weighted by Crippen LogP contribution is 2.19. The third-order valence-electron chi connectivity index (χ3n) is 2.65. The number of aliphatic hydroxyl groups excluding tert-OH is 1. The standard InChI is InChI=1S/C12H12N2O3/c13-7-9-1-3-10(4-2-9)14-5-6-17-11(8-15)12(14)16/h1-4,11,15H,5-6,8H2. The highest BCUT2D eigenvalue weighted by molar-refractivity contribution is 5.97. The van der Waals surface area contributed by atoms with E-state index in [9.17, 15) is 4.79 Å². The van der Waals surface area contributed by atoms with Gasteiger partial charge in [-0.15, -0.1) is 0 Å². The lowest BCUT2D eigenvalue weighted by molar-refractivity contribution is -0.136. The summed E-state index contributed by atoms with van der Waals surface area (Å²) in [4.78, 5) is 13.4. The Balaban J connectivity index is 2.21. The van der Waals surface area contributed by atoms with E-state index in [-0.39, 0.29) is 12.5 Å². The van der Waals surface area contributed by atoms with Crippen molar-refractivity contribution in [2.24, 2.45) is 0 Å². The molecule has 1 fully saturated rings. The summed E-state index contributed by atoms with van der Waals surface area (Å²) in [6, 6.07) is 8.77. The number of nitrogens with zero attached hydrogens (tertiary/aromatic N) is 2. The zero-order chi connectivity index (χ0) is 12.3. The SMILES string of the molecule is N#Cc1ccc(N2CCOC(CO)C2=O)cc1. The molecule has 1 aliphatic heterocycles. The van der Waals surface area contributed by atoms with Crippen LogP contribution in [0.5, 0.6) is 0 Å². The van der Waals surface area contributed by atoms with Crippen molar-refractivity contribution < 1.29 is 14.6 Å². The van der Waals surface area contributed by atoms with Crippen LogP contribution in [0.2, 0.25) is 0 Å². The zero-order valence-electron chi connectivity index (χ0n) is 9.17. The van der Waals surface area contributed by atoms with Crippen molar-refractivity contribution in [3.05, 3.63) is 29.8 Å². The first-order chi connectivity index (χ1) is 8.26. The lowest BCUT2D eigenvalue weighted by atomic mass is 10.2. The van der Waals surface area contributed by atoms with Crippen LogP contribution in [0.25, 0.3) is 0 Å². The van der Waals surface area contributed by atoms with Crippen molar-refractivity contribution in [3.8, 4) is 6.07 Å². The summed E-state index contributed by atoms with van der Waals surface area (Å²) in [5.74, 6) is -0.247. The number of carbonyl (C=O) groups excluding carboxylic acids is 1. The molecule has 1 aliphatic rings. The Labute approximate surface area is 98.8 Å². The molecule has 1 heterocycles. The van der Waals surface area contributed by atoms with Crippen LogP contribution in [0.1, 0.15) is 5.56 Å². The summed E-state index contributed by atoms with van der Waals surface area (Å²) in [5.41, 5.74) is 1.27. The largest absolute Gasteiger partial charge is 0.393 e. The van der Waals surface area contributed by atoms with Crippen LogP contribution in [0.3, 0.4) is 0 Å². The molecule has 0 radical (unpaired) electrons. The van der Waals surface area contributed by atoms with E-state index in [1.54, 1.807) is 29.2 Å². The summed E-state index contributed by atoms with van der Waals surface area (Å²) in [7, 11) is 0. The molecule has 1 unspecified atom stereocenters. The second-order valence-corrected chi connectivity index (χ2v) is 3.69. The monoisotopic (exact) mass is 232 g/mol. The first-order valence-corrected chi connectivity index (χ1v) is 5.30. The van der Waals surface area contributed by atoms with Crippen LogP contribution < -0.4 is 4.90 Å². The highest BCUT2D eigenvalue weighted by atomic mass is 16.5. The van der Waals surface area contributed by atoms with Gasteiger partial charge < -0.3 is 14.7 Å². The maximum Gasteiger partial charge on any atom is 0.258 e. The van der Waals surface area contributed by atoms with Crippen LogP contribution in [-0.2, 0) is 9.53 Å². The summed E-state index contributed by atoms with van der Waals surface area (Å²) < 4.78 is 5.14. The summed E-state index contributed by atoms with van der Waals surface area (Å²) >= 11 is 0. The summed E-state index contributed by atoms with van der Waals surface area (Å²) in [6.07, 6.45) is -0.778. The van der Waals surface area contributed by atoms with E-state index in [4.69, 9.17) is 15.1 Å². The number of ether oxygens (including phenoxy) is 1. The molecule has 0 saturated carbocycles. The quantitative estimate of drug-likeness (QED) is 0.795. The lowest BCUT2D eigenvalue weighted by Gasteiger charge is -2.31. The Bertz CT molecular complexity index is 450. The zero-order valence-corrected chi connectivity index (χ0v) is 9.17. The van der Waals surface area contributed by atoms with E-state index < -0.39 is 6.10 Å². The molecule has 1 N–H and O–H groups in total. The third-order valence-corrected chi connectivity index (χ3v) is 2.65. The summed E-state index contributed by atoms with van der Waals surface area (Å²) in [6.45, 7) is 0.545. The second-order valence-electron chi connectivity index (χ2n) is 3.69. The number of benzene rings is 1. The molecule has 0 bridgehead atoms. The van der Waals surface area contributed by atoms with Gasteiger partial charge in [-0.05, 0) is 24.3 Å². The molecular weight excluding hydrogens is 220 g/mol. The smallest absolute Gasteiger partial charge is 0.258 e. The van der Waals surface area contributed by atoms with Gasteiger partial charge in [-0.2, -0.15) is 5.26 Å². The number of hydrogen-bond donors (Lipinski definition) is 1. The van der Waals surface area contributed by atoms with E-state index in [2.05, 4.69) is 0 Å². The van der Waals surface area contributed by atoms with Crippen LogP contribution in [0.4, 0.5) is 5.69 Å². The Hall–Kier alpha value is -1.90. The molecule has 2 rings (SSSR count). The Morgan fingerprint density at radius 1 is 1.47 bits per heavy atom. The normalized spacial score (nSPS) is 20.1. The van der Waals surface area contributed by atoms with E-state index in [0.717, 1.165) is 5.69 Å². The van der Waals surface area contributed by atoms with Gasteiger partial charge in [0.25, 0.3) is 5.91 Å². The molecule has 88 valence electrons. The minimum Gasteiger partial charge on any atom is -0.393 e.